The summed E-state index contributed by atoms with van der Waals surface area (Å²) in [5.74, 6) is -0.223. The number of aromatic carboxylic acids is 1. The summed E-state index contributed by atoms with van der Waals surface area (Å²) >= 11 is 5.91. The third kappa shape index (κ3) is 3.42. The number of nitrogens with one attached hydrogen (secondary N) is 1. The fourth-order valence-corrected chi connectivity index (χ4v) is 2.01. The first kappa shape index (κ1) is 14.2. The van der Waals surface area contributed by atoms with Gasteiger partial charge in [0.2, 0.25) is 0 Å². The first-order valence-electron chi connectivity index (χ1n) is 6.00. The van der Waals surface area contributed by atoms with Gasteiger partial charge in [0.25, 0.3) is 0 Å². The van der Waals surface area contributed by atoms with Crippen LogP contribution in [0.3, 0.4) is 0 Å². The highest BCUT2D eigenvalue weighted by Crippen LogP contribution is 2.21. The van der Waals surface area contributed by atoms with Crippen LogP contribution >= 0.6 is 11.6 Å². The van der Waals surface area contributed by atoms with Gasteiger partial charge in [-0.25, -0.2) is 4.79 Å². The van der Waals surface area contributed by atoms with Crippen LogP contribution in [0.1, 0.15) is 15.9 Å². The van der Waals surface area contributed by atoms with Crippen LogP contribution in [0, 0.1) is 0 Å². The number of halogens is 1. The number of hydrogen-bond acceptors (Lipinski definition) is 3. The predicted octanol–water partition coefficient (Wildman–Crippen LogP) is 3.66. The maximum absolute atomic E-state index is 10.9. The van der Waals surface area contributed by atoms with Gasteiger partial charge in [-0.1, -0.05) is 23.7 Å². The average Bonchev–Trinajstić information content (AvgIpc) is 2.45. The van der Waals surface area contributed by atoms with Crippen molar-refractivity contribution in [1.82, 2.24) is 0 Å². The molecule has 0 radical (unpaired) electrons. The maximum Gasteiger partial charge on any atom is 0.337 e. The van der Waals surface area contributed by atoms with Crippen molar-refractivity contribution in [1.29, 1.82) is 0 Å². The van der Waals surface area contributed by atoms with E-state index in [-0.39, 0.29) is 10.6 Å². The molecule has 0 amide bonds. The molecule has 104 valence electrons. The highest BCUT2D eigenvalue weighted by Gasteiger charge is 2.08. The van der Waals surface area contributed by atoms with Crippen LogP contribution in [0.4, 0.5) is 5.69 Å². The lowest BCUT2D eigenvalue weighted by molar-refractivity contribution is 0.0697. The van der Waals surface area contributed by atoms with Crippen molar-refractivity contribution in [3.63, 3.8) is 0 Å². The number of methoxy groups -OCH3 is 1. The molecule has 0 unspecified atom stereocenters. The van der Waals surface area contributed by atoms with E-state index >= 15 is 0 Å². The van der Waals surface area contributed by atoms with Crippen molar-refractivity contribution in [3.05, 3.63) is 58.6 Å². The fourth-order valence-electron chi connectivity index (χ4n) is 1.75. The van der Waals surface area contributed by atoms with Gasteiger partial charge >= 0.3 is 5.97 Å². The van der Waals surface area contributed by atoms with Crippen LogP contribution in [0.15, 0.2) is 42.5 Å². The van der Waals surface area contributed by atoms with Gasteiger partial charge in [-0.15, -0.1) is 0 Å². The fraction of sp³-hybridized carbons (Fsp3) is 0.133. The summed E-state index contributed by atoms with van der Waals surface area (Å²) < 4.78 is 5.09. The van der Waals surface area contributed by atoms with E-state index in [2.05, 4.69) is 5.32 Å². The number of hydrogen-bond donors (Lipinski definition) is 2. The third-order valence-electron chi connectivity index (χ3n) is 2.86. The summed E-state index contributed by atoms with van der Waals surface area (Å²) in [4.78, 5) is 10.9. The van der Waals surface area contributed by atoms with Gasteiger partial charge in [-0.2, -0.15) is 0 Å². The Balaban J connectivity index is 2.03. The molecule has 2 N–H and O–H groups in total. The first-order valence-corrected chi connectivity index (χ1v) is 6.37. The summed E-state index contributed by atoms with van der Waals surface area (Å²) in [5, 5.41) is 12.3. The molecule has 0 aliphatic carbocycles. The third-order valence-corrected chi connectivity index (χ3v) is 3.17. The van der Waals surface area contributed by atoms with Crippen LogP contribution in [0.25, 0.3) is 0 Å². The summed E-state index contributed by atoms with van der Waals surface area (Å²) in [6.45, 7) is 0.618. The molecule has 0 aliphatic rings. The van der Waals surface area contributed by atoms with E-state index in [4.69, 9.17) is 21.4 Å². The molecule has 0 atom stereocenters. The molecule has 4 nitrogen and oxygen atoms in total. The summed E-state index contributed by atoms with van der Waals surface area (Å²) in [6.07, 6.45) is 0. The SMILES string of the molecule is COc1ccc(CNc2ccc(C(=O)O)c(Cl)c2)cc1. The average molecular weight is 292 g/mol. The van der Waals surface area contributed by atoms with Crippen LogP contribution in [0.2, 0.25) is 5.02 Å². The largest absolute Gasteiger partial charge is 0.497 e. The van der Waals surface area contributed by atoms with E-state index in [0.29, 0.717) is 6.54 Å². The standard InChI is InChI=1S/C15H14ClNO3/c1-20-12-5-2-10(3-6-12)9-17-11-4-7-13(15(18)19)14(16)8-11/h2-8,17H,9H2,1H3,(H,18,19). The Morgan fingerprint density at radius 3 is 2.50 bits per heavy atom. The maximum atomic E-state index is 10.9. The normalized spacial score (nSPS) is 10.1. The molecule has 2 aromatic rings. The zero-order valence-corrected chi connectivity index (χ0v) is 11.6. The highest BCUT2D eigenvalue weighted by atomic mass is 35.5. The second kappa shape index (κ2) is 6.30. The molecule has 0 aliphatic heterocycles. The van der Waals surface area contributed by atoms with Crippen molar-refractivity contribution >= 4 is 23.3 Å². The Hall–Kier alpha value is -2.20. The Bertz CT molecular complexity index is 611. The van der Waals surface area contributed by atoms with E-state index in [1.54, 1.807) is 19.2 Å². The highest BCUT2D eigenvalue weighted by molar-refractivity contribution is 6.33. The minimum atomic E-state index is -1.03. The zero-order valence-electron chi connectivity index (χ0n) is 10.9. The smallest absolute Gasteiger partial charge is 0.337 e. The second-order valence-electron chi connectivity index (χ2n) is 4.20. The minimum Gasteiger partial charge on any atom is -0.497 e. The minimum absolute atomic E-state index is 0.0988. The predicted molar refractivity (Wildman–Crippen MR) is 78.7 cm³/mol. The van der Waals surface area contributed by atoms with Gasteiger partial charge in [-0.3, -0.25) is 0 Å². The molecular formula is C15H14ClNO3. The molecule has 0 saturated carbocycles. The van der Waals surface area contributed by atoms with Gasteiger partial charge in [-0.05, 0) is 35.9 Å². The molecule has 5 heteroatoms. The molecule has 0 bridgehead atoms. The monoisotopic (exact) mass is 291 g/mol. The van der Waals surface area contributed by atoms with Crippen molar-refractivity contribution in [2.45, 2.75) is 6.54 Å². The lowest BCUT2D eigenvalue weighted by Crippen LogP contribution is -2.02. The number of anilines is 1. The molecular weight excluding hydrogens is 278 g/mol. The molecule has 0 aromatic heterocycles. The number of carboxylic acid groups (broad SMARTS) is 1. The Kier molecular flexibility index (Phi) is 4.48. The van der Waals surface area contributed by atoms with Gasteiger partial charge in [0.15, 0.2) is 0 Å². The van der Waals surface area contributed by atoms with Gasteiger partial charge < -0.3 is 15.2 Å². The first-order chi connectivity index (χ1) is 9.60. The topological polar surface area (TPSA) is 58.6 Å². The van der Waals surface area contributed by atoms with Gasteiger partial charge in [0.1, 0.15) is 5.75 Å². The number of carboxylic acids is 1. The zero-order chi connectivity index (χ0) is 14.5. The van der Waals surface area contributed by atoms with Crippen LogP contribution in [0.5, 0.6) is 5.75 Å². The lowest BCUT2D eigenvalue weighted by Gasteiger charge is -2.08. The van der Waals surface area contributed by atoms with Gasteiger partial charge in [0, 0.05) is 12.2 Å². The molecule has 2 aromatic carbocycles. The quantitative estimate of drug-likeness (QED) is 0.882. The van der Waals surface area contributed by atoms with Crippen molar-refractivity contribution in [2.75, 3.05) is 12.4 Å². The number of ether oxygens (including phenoxy) is 1. The molecule has 0 saturated heterocycles. The Morgan fingerprint density at radius 1 is 1.25 bits per heavy atom. The molecule has 0 fully saturated rings. The van der Waals surface area contributed by atoms with Crippen molar-refractivity contribution in [3.8, 4) is 5.75 Å². The van der Waals surface area contributed by atoms with Crippen molar-refractivity contribution in [2.24, 2.45) is 0 Å². The summed E-state index contributed by atoms with van der Waals surface area (Å²) in [7, 11) is 1.62. The second-order valence-corrected chi connectivity index (χ2v) is 4.61. The Labute approximate surface area is 122 Å². The van der Waals surface area contributed by atoms with E-state index < -0.39 is 5.97 Å². The summed E-state index contributed by atoms with van der Waals surface area (Å²) in [5.41, 5.74) is 1.96. The van der Waals surface area contributed by atoms with E-state index in [1.165, 1.54) is 6.07 Å². The van der Waals surface area contributed by atoms with Crippen LogP contribution in [-0.4, -0.2) is 18.2 Å². The van der Waals surface area contributed by atoms with E-state index in [0.717, 1.165) is 17.0 Å². The van der Waals surface area contributed by atoms with Crippen LogP contribution < -0.4 is 10.1 Å². The van der Waals surface area contributed by atoms with Gasteiger partial charge in [0.05, 0.1) is 17.7 Å². The lowest BCUT2D eigenvalue weighted by atomic mass is 10.2. The number of rotatable bonds is 5. The number of carbonyl (C=O) groups is 1. The summed E-state index contributed by atoms with van der Waals surface area (Å²) in [6, 6.07) is 12.5. The van der Waals surface area contributed by atoms with Crippen molar-refractivity contribution < 1.29 is 14.6 Å². The molecule has 2 rings (SSSR count). The number of benzene rings is 2. The van der Waals surface area contributed by atoms with E-state index in [9.17, 15) is 4.79 Å². The molecule has 20 heavy (non-hydrogen) atoms. The molecule has 0 heterocycles. The Morgan fingerprint density at radius 2 is 1.95 bits per heavy atom. The van der Waals surface area contributed by atoms with Crippen LogP contribution in [-0.2, 0) is 6.54 Å². The molecule has 0 spiro atoms. The van der Waals surface area contributed by atoms with E-state index in [1.807, 2.05) is 24.3 Å².